The molecular weight excluding hydrogens is 536 g/mol. The maximum atomic E-state index is 11.0. The molecule has 7 rings (SSSR count). The van der Waals surface area contributed by atoms with E-state index in [1.165, 1.54) is 0 Å². The molecule has 0 unspecified atom stereocenters. The Morgan fingerprint density at radius 3 is 1.58 bits per heavy atom. The van der Waals surface area contributed by atoms with E-state index in [2.05, 4.69) is 49.6 Å². The van der Waals surface area contributed by atoms with Crippen LogP contribution in [0.4, 0.5) is 0 Å². The van der Waals surface area contributed by atoms with E-state index in [0.717, 1.165) is 53.9 Å². The minimum Gasteiger partial charge on any atom is -0.504 e. The van der Waals surface area contributed by atoms with Crippen molar-refractivity contribution >= 4 is 55.7 Å². The molecule has 0 radical (unpaired) electrons. The fraction of sp³-hybridized carbons (Fsp3) is 0. The zero-order valence-corrected chi connectivity index (χ0v) is 23.0. The lowest BCUT2D eigenvalue weighted by Crippen LogP contribution is -2.22. The number of hydrogen-bond donors (Lipinski definition) is 5. The second-order valence-corrected chi connectivity index (χ2v) is 10.6. The maximum absolute atomic E-state index is 11.0. The van der Waals surface area contributed by atoms with Gasteiger partial charge in [0.05, 0.1) is 5.56 Å². The average molecular weight is 563 g/mol. The molecule has 0 heterocycles. The van der Waals surface area contributed by atoms with Crippen molar-refractivity contribution < 1.29 is 25.5 Å². The highest BCUT2D eigenvalue weighted by Gasteiger charge is 2.28. The predicted octanol–water partition coefficient (Wildman–Crippen LogP) is 7.54. The molecule has 5 nitrogen and oxygen atoms in total. The number of allylic oxidation sites excluding steroid dienone is 1. The Hall–Kier alpha value is -5.94. The van der Waals surface area contributed by atoms with Crippen LogP contribution in [0.25, 0.3) is 78.0 Å². The molecule has 0 aliphatic carbocycles. The van der Waals surface area contributed by atoms with E-state index in [9.17, 15) is 25.5 Å². The van der Waals surface area contributed by atoms with Crippen molar-refractivity contribution in [3.8, 4) is 51.0 Å². The fourth-order valence-electron chi connectivity index (χ4n) is 6.31. The summed E-state index contributed by atoms with van der Waals surface area (Å²) < 4.78 is 0. The number of hydrogen-bond acceptors (Lipinski definition) is 5. The number of phenols is 5. The van der Waals surface area contributed by atoms with Gasteiger partial charge in [-0.1, -0.05) is 104 Å². The molecule has 0 saturated carbocycles. The van der Waals surface area contributed by atoms with E-state index < -0.39 is 28.7 Å². The van der Waals surface area contributed by atoms with Gasteiger partial charge in [-0.2, -0.15) is 0 Å². The van der Waals surface area contributed by atoms with E-state index in [1.54, 1.807) is 6.08 Å². The van der Waals surface area contributed by atoms with Crippen LogP contribution in [0.5, 0.6) is 28.7 Å². The third-order valence-corrected chi connectivity index (χ3v) is 8.26. The molecule has 0 saturated heterocycles. The Labute approximate surface area is 246 Å². The highest BCUT2D eigenvalue weighted by atomic mass is 16.4. The number of benzene rings is 7. The molecule has 5 heteroatoms. The third-order valence-electron chi connectivity index (χ3n) is 8.26. The van der Waals surface area contributed by atoms with Crippen molar-refractivity contribution in [2.75, 3.05) is 0 Å². The molecule has 0 aromatic heterocycles. The molecule has 0 bridgehead atoms. The zero-order valence-electron chi connectivity index (χ0n) is 23.0. The largest absolute Gasteiger partial charge is 0.504 e. The molecule has 7 aromatic rings. The molecule has 0 atom stereocenters. The normalized spacial score (nSPS) is 12.0. The van der Waals surface area contributed by atoms with Crippen LogP contribution in [0.3, 0.4) is 0 Å². The summed E-state index contributed by atoms with van der Waals surface area (Å²) in [5.41, 5.74) is 2.19. The fourth-order valence-corrected chi connectivity index (χ4v) is 6.31. The Kier molecular flexibility index (Phi) is 5.78. The molecule has 0 amide bonds. The van der Waals surface area contributed by atoms with Crippen molar-refractivity contribution in [1.82, 2.24) is 0 Å². The summed E-state index contributed by atoms with van der Waals surface area (Å²) in [5.74, 6) is -4.29. The van der Waals surface area contributed by atoms with Crippen LogP contribution in [-0.4, -0.2) is 25.5 Å². The molecule has 5 N–H and O–H groups in total. The summed E-state index contributed by atoms with van der Waals surface area (Å²) in [5, 5.41) is 62.1. The van der Waals surface area contributed by atoms with Gasteiger partial charge < -0.3 is 25.5 Å². The van der Waals surface area contributed by atoms with Gasteiger partial charge in [0.2, 0.25) is 17.2 Å². The van der Waals surface area contributed by atoms with Gasteiger partial charge in [-0.25, -0.2) is 0 Å². The number of rotatable bonds is 3. The summed E-state index contributed by atoms with van der Waals surface area (Å²) in [6.07, 6.45) is 3.71. The SMILES string of the molecule is C=C/C=c1/cc2c(ccc3c(-c4c5ccccc5c(-c5c(O)c(O)c(O)c(O)c5O)c5ccccc45)cccc32)cc1=C. The molecule has 0 aliphatic rings. The summed E-state index contributed by atoms with van der Waals surface area (Å²) in [6, 6.07) is 29.9. The summed E-state index contributed by atoms with van der Waals surface area (Å²) in [6.45, 7) is 8.05. The highest BCUT2D eigenvalue weighted by Crippen LogP contribution is 2.57. The molecule has 0 aliphatic heterocycles. The summed E-state index contributed by atoms with van der Waals surface area (Å²) in [7, 11) is 0. The molecular formula is C38H26O5. The number of phenolic OH excluding ortho intramolecular Hbond substituents is 5. The van der Waals surface area contributed by atoms with Gasteiger partial charge in [-0.05, 0) is 76.8 Å². The van der Waals surface area contributed by atoms with Crippen LogP contribution in [0.15, 0.2) is 104 Å². The van der Waals surface area contributed by atoms with E-state index >= 15 is 0 Å². The first kappa shape index (κ1) is 26.0. The predicted molar refractivity (Wildman–Crippen MR) is 175 cm³/mol. The zero-order chi connectivity index (χ0) is 30.0. The van der Waals surface area contributed by atoms with Crippen LogP contribution in [0, 0.1) is 0 Å². The van der Waals surface area contributed by atoms with Crippen molar-refractivity contribution in [2.45, 2.75) is 0 Å². The smallest absolute Gasteiger partial charge is 0.208 e. The van der Waals surface area contributed by atoms with Gasteiger partial charge in [0.1, 0.15) is 0 Å². The topological polar surface area (TPSA) is 101 Å². The van der Waals surface area contributed by atoms with Gasteiger partial charge in [-0.15, -0.1) is 0 Å². The van der Waals surface area contributed by atoms with Crippen molar-refractivity contribution in [1.29, 1.82) is 0 Å². The highest BCUT2D eigenvalue weighted by molar-refractivity contribution is 6.25. The molecule has 0 spiro atoms. The van der Waals surface area contributed by atoms with E-state index in [-0.39, 0.29) is 5.56 Å². The summed E-state index contributed by atoms with van der Waals surface area (Å²) >= 11 is 0. The van der Waals surface area contributed by atoms with Gasteiger partial charge >= 0.3 is 0 Å². The maximum Gasteiger partial charge on any atom is 0.208 e. The first-order chi connectivity index (χ1) is 20.8. The Morgan fingerprint density at radius 1 is 0.465 bits per heavy atom. The first-order valence-corrected chi connectivity index (χ1v) is 13.7. The third kappa shape index (κ3) is 3.72. The van der Waals surface area contributed by atoms with E-state index in [0.29, 0.717) is 16.3 Å². The van der Waals surface area contributed by atoms with Crippen molar-refractivity contribution in [3.63, 3.8) is 0 Å². The van der Waals surface area contributed by atoms with Crippen LogP contribution in [0.2, 0.25) is 0 Å². The first-order valence-electron chi connectivity index (χ1n) is 13.7. The summed E-state index contributed by atoms with van der Waals surface area (Å²) in [4.78, 5) is 0. The van der Waals surface area contributed by atoms with Gasteiger partial charge in [-0.3, -0.25) is 0 Å². The lowest BCUT2D eigenvalue weighted by Gasteiger charge is -2.20. The van der Waals surface area contributed by atoms with Gasteiger partial charge in [0.25, 0.3) is 0 Å². The van der Waals surface area contributed by atoms with Crippen LogP contribution >= 0.6 is 0 Å². The Bertz CT molecular complexity index is 2350. The minimum absolute atomic E-state index is 0.175. The monoisotopic (exact) mass is 562 g/mol. The van der Waals surface area contributed by atoms with Gasteiger partial charge in [0.15, 0.2) is 11.5 Å². The number of fused-ring (bicyclic) bond motifs is 5. The van der Waals surface area contributed by atoms with Crippen molar-refractivity contribution in [3.05, 3.63) is 114 Å². The standard InChI is InChI=1S/C38H26O5/c1-3-9-21-19-30-22(18-20(21)2)16-17-24-23(30)14-8-15-25(24)31-26-10-4-6-12-28(26)32(29-13-7-5-11-27(29)31)33-34(39)36(41)38(43)37(42)35(33)40/h3-19,39-43H,1-2H2/b21-9-. The van der Waals surface area contributed by atoms with Gasteiger partial charge in [0, 0.05) is 5.56 Å². The molecule has 208 valence electrons. The number of aromatic hydroxyl groups is 5. The molecule has 0 fully saturated rings. The van der Waals surface area contributed by atoms with E-state index in [1.807, 2.05) is 60.7 Å². The lowest BCUT2D eigenvalue weighted by molar-refractivity contribution is 0.330. The van der Waals surface area contributed by atoms with Crippen LogP contribution < -0.4 is 10.4 Å². The molecule has 43 heavy (non-hydrogen) atoms. The average Bonchev–Trinajstić information content (AvgIpc) is 3.03. The van der Waals surface area contributed by atoms with E-state index in [4.69, 9.17) is 0 Å². The minimum atomic E-state index is -0.994. The Balaban J connectivity index is 1.66. The Morgan fingerprint density at radius 2 is 1.00 bits per heavy atom. The second kappa shape index (κ2) is 9.57. The van der Waals surface area contributed by atoms with Crippen molar-refractivity contribution in [2.24, 2.45) is 0 Å². The lowest BCUT2D eigenvalue weighted by atomic mass is 9.83. The quantitative estimate of drug-likeness (QED) is 0.0663. The van der Waals surface area contributed by atoms with Crippen LogP contribution in [0.1, 0.15) is 0 Å². The molecule has 7 aromatic carbocycles. The van der Waals surface area contributed by atoms with Crippen LogP contribution in [-0.2, 0) is 0 Å². The second-order valence-electron chi connectivity index (χ2n) is 10.6.